The van der Waals surface area contributed by atoms with Gasteiger partial charge in [-0.25, -0.2) is 19.2 Å². The van der Waals surface area contributed by atoms with E-state index in [0.29, 0.717) is 22.7 Å². The highest BCUT2D eigenvalue weighted by molar-refractivity contribution is 6.30. The molecule has 0 atom stereocenters. The van der Waals surface area contributed by atoms with Gasteiger partial charge in [-0.05, 0) is 63.1 Å². The zero-order valence-electron chi connectivity index (χ0n) is 18.1. The van der Waals surface area contributed by atoms with Crippen LogP contribution in [-0.4, -0.2) is 31.6 Å². The Bertz CT molecular complexity index is 1340. The van der Waals surface area contributed by atoms with Crippen LogP contribution in [0.3, 0.4) is 0 Å². The molecule has 2 heterocycles. The van der Waals surface area contributed by atoms with Crippen molar-refractivity contribution in [2.24, 2.45) is 0 Å². The third-order valence-electron chi connectivity index (χ3n) is 4.75. The number of rotatable bonds is 6. The topological polar surface area (TPSA) is 108 Å². The van der Waals surface area contributed by atoms with Crippen molar-refractivity contribution >= 4 is 28.8 Å². The van der Waals surface area contributed by atoms with Crippen molar-refractivity contribution in [1.82, 2.24) is 15.0 Å². The van der Waals surface area contributed by atoms with E-state index in [-0.39, 0.29) is 22.5 Å². The minimum Gasteiger partial charge on any atom is -0.478 e. The summed E-state index contributed by atoms with van der Waals surface area (Å²) in [6.45, 7) is 6.59. The molecule has 0 amide bonds. The van der Waals surface area contributed by atoms with Crippen molar-refractivity contribution in [3.05, 3.63) is 58.5 Å². The van der Waals surface area contributed by atoms with E-state index in [0.717, 1.165) is 23.3 Å². The first-order valence-corrected chi connectivity index (χ1v) is 10.2. The number of halogens is 2. The minimum atomic E-state index is -1.38. The van der Waals surface area contributed by atoms with Crippen molar-refractivity contribution in [3.8, 4) is 29.0 Å². The molecule has 4 aromatic rings. The van der Waals surface area contributed by atoms with Crippen LogP contribution in [-0.2, 0) is 4.79 Å². The summed E-state index contributed by atoms with van der Waals surface area (Å²) in [5.41, 5.74) is 1.30. The number of aliphatic carboxylic acids is 1. The smallest absolute Gasteiger partial charge is 0.347 e. The Kier molecular flexibility index (Phi) is 5.67. The molecular formula is C23H19ClFN3O5. The summed E-state index contributed by atoms with van der Waals surface area (Å²) in [5.74, 6) is -0.705. The third kappa shape index (κ3) is 4.73. The van der Waals surface area contributed by atoms with Gasteiger partial charge in [0.15, 0.2) is 5.60 Å². The summed E-state index contributed by atoms with van der Waals surface area (Å²) >= 11 is 5.84. The van der Waals surface area contributed by atoms with E-state index in [1.165, 1.54) is 26.1 Å². The highest BCUT2D eigenvalue weighted by Gasteiger charge is 2.30. The molecule has 0 fully saturated rings. The van der Waals surface area contributed by atoms with Gasteiger partial charge < -0.3 is 19.0 Å². The number of carbonyl (C=O) groups is 1. The molecule has 1 N–H and O–H groups in total. The molecule has 2 aromatic heterocycles. The maximum Gasteiger partial charge on any atom is 0.347 e. The predicted molar refractivity (Wildman–Crippen MR) is 118 cm³/mol. The number of aromatic nitrogens is 3. The molecule has 0 spiro atoms. The molecule has 0 aliphatic carbocycles. The molecule has 0 aliphatic heterocycles. The van der Waals surface area contributed by atoms with E-state index < -0.39 is 17.4 Å². The van der Waals surface area contributed by atoms with Gasteiger partial charge in [-0.2, -0.15) is 4.98 Å². The van der Waals surface area contributed by atoms with Gasteiger partial charge in [0.25, 0.3) is 5.71 Å². The van der Waals surface area contributed by atoms with E-state index in [2.05, 4.69) is 15.0 Å². The maximum atomic E-state index is 13.5. The van der Waals surface area contributed by atoms with Crippen LogP contribution in [0.25, 0.3) is 22.7 Å². The summed E-state index contributed by atoms with van der Waals surface area (Å²) in [7, 11) is 0. The second-order valence-electron chi connectivity index (χ2n) is 7.93. The summed E-state index contributed by atoms with van der Waals surface area (Å²) in [5, 5.41) is 9.52. The first kappa shape index (κ1) is 22.5. The van der Waals surface area contributed by atoms with E-state index in [1.54, 1.807) is 12.1 Å². The van der Waals surface area contributed by atoms with Crippen molar-refractivity contribution in [2.45, 2.75) is 33.3 Å². The van der Waals surface area contributed by atoms with Crippen LogP contribution < -0.4 is 9.47 Å². The van der Waals surface area contributed by atoms with Gasteiger partial charge in [-0.3, -0.25) is 0 Å². The monoisotopic (exact) mass is 471 g/mol. The maximum absolute atomic E-state index is 13.5. The van der Waals surface area contributed by atoms with Crippen LogP contribution in [0.2, 0.25) is 5.02 Å². The van der Waals surface area contributed by atoms with Gasteiger partial charge in [0.2, 0.25) is 5.89 Å². The normalized spacial score (nSPS) is 11.6. The Labute approximate surface area is 193 Å². The highest BCUT2D eigenvalue weighted by Crippen LogP contribution is 2.33. The van der Waals surface area contributed by atoms with Gasteiger partial charge >= 0.3 is 12.0 Å². The first-order valence-electron chi connectivity index (χ1n) is 9.83. The number of benzene rings is 2. The number of hydrogen-bond acceptors (Lipinski definition) is 7. The second kappa shape index (κ2) is 8.32. The SMILES string of the molecule is Cc1cc(-c2nc3cnc(Oc4cc(F)cc(Cl)c4)nc3o2)cc(C)c1OC(C)(C)C(=O)O. The molecule has 10 heteroatoms. The van der Waals surface area contributed by atoms with Crippen LogP contribution in [0.4, 0.5) is 4.39 Å². The molecule has 2 aromatic carbocycles. The van der Waals surface area contributed by atoms with Crippen molar-refractivity contribution in [2.75, 3.05) is 0 Å². The molecule has 170 valence electrons. The van der Waals surface area contributed by atoms with E-state index in [1.807, 2.05) is 13.8 Å². The third-order valence-corrected chi connectivity index (χ3v) is 4.97. The minimum absolute atomic E-state index is 0.0566. The van der Waals surface area contributed by atoms with Crippen molar-refractivity contribution in [1.29, 1.82) is 0 Å². The average molecular weight is 472 g/mol. The quantitative estimate of drug-likeness (QED) is 0.380. The Morgan fingerprint density at radius 1 is 1.12 bits per heavy atom. The number of nitrogens with zero attached hydrogens (tertiary/aromatic N) is 3. The molecule has 0 bridgehead atoms. The number of oxazole rings is 1. The number of carboxylic acid groups (broad SMARTS) is 1. The Morgan fingerprint density at radius 3 is 2.45 bits per heavy atom. The zero-order valence-corrected chi connectivity index (χ0v) is 18.9. The van der Waals surface area contributed by atoms with Crippen LogP contribution >= 0.6 is 11.6 Å². The molecule has 8 nitrogen and oxygen atoms in total. The van der Waals surface area contributed by atoms with Crippen molar-refractivity contribution in [3.63, 3.8) is 0 Å². The molecule has 0 radical (unpaired) electrons. The highest BCUT2D eigenvalue weighted by atomic mass is 35.5. The molecule has 4 rings (SSSR count). The summed E-state index contributed by atoms with van der Waals surface area (Å²) < 4.78 is 30.5. The van der Waals surface area contributed by atoms with E-state index in [9.17, 15) is 14.3 Å². The van der Waals surface area contributed by atoms with Gasteiger partial charge in [0.05, 0.1) is 6.20 Å². The van der Waals surface area contributed by atoms with Crippen molar-refractivity contribution < 1.29 is 28.2 Å². The predicted octanol–water partition coefficient (Wildman–Crippen LogP) is 5.73. The molecule has 0 aliphatic rings. The van der Waals surface area contributed by atoms with Crippen LogP contribution in [0.1, 0.15) is 25.0 Å². The second-order valence-corrected chi connectivity index (χ2v) is 8.36. The molecular weight excluding hydrogens is 453 g/mol. The lowest BCUT2D eigenvalue weighted by atomic mass is 10.0. The van der Waals surface area contributed by atoms with E-state index >= 15 is 0 Å². The number of hydrogen-bond donors (Lipinski definition) is 1. The van der Waals surface area contributed by atoms with Gasteiger partial charge in [-0.1, -0.05) is 11.6 Å². The van der Waals surface area contributed by atoms with Crippen LogP contribution in [0.15, 0.2) is 40.9 Å². The standard InChI is InChI=1S/C23H19ClFN3O5/c1-11-5-13(6-12(2)18(11)33-23(3,4)21(29)30)19-27-17-10-26-22(28-20(17)32-19)31-16-8-14(24)7-15(25)9-16/h5-10H,1-4H3,(H,29,30). The fraction of sp³-hybridized carbons (Fsp3) is 0.217. The lowest BCUT2D eigenvalue weighted by Crippen LogP contribution is -2.38. The summed E-state index contributed by atoms with van der Waals surface area (Å²) in [6.07, 6.45) is 1.43. The lowest BCUT2D eigenvalue weighted by molar-refractivity contribution is -0.152. The summed E-state index contributed by atoms with van der Waals surface area (Å²) in [4.78, 5) is 24.1. The Morgan fingerprint density at radius 2 is 1.82 bits per heavy atom. The number of ether oxygens (including phenoxy) is 2. The number of fused-ring (bicyclic) bond motifs is 1. The number of carboxylic acids is 1. The summed E-state index contributed by atoms with van der Waals surface area (Å²) in [6, 6.07) is 7.26. The van der Waals surface area contributed by atoms with Gasteiger partial charge in [0.1, 0.15) is 22.8 Å². The molecule has 33 heavy (non-hydrogen) atoms. The fourth-order valence-electron chi connectivity index (χ4n) is 3.12. The van der Waals surface area contributed by atoms with Gasteiger partial charge in [-0.15, -0.1) is 0 Å². The van der Waals surface area contributed by atoms with Crippen LogP contribution in [0, 0.1) is 19.7 Å². The average Bonchev–Trinajstić information content (AvgIpc) is 3.13. The zero-order chi connectivity index (χ0) is 23.9. The molecule has 0 saturated heterocycles. The lowest BCUT2D eigenvalue weighted by Gasteiger charge is -2.24. The number of aryl methyl sites for hydroxylation is 2. The van der Waals surface area contributed by atoms with E-state index in [4.69, 9.17) is 25.5 Å². The molecule has 0 unspecified atom stereocenters. The molecule has 0 saturated carbocycles. The fourth-order valence-corrected chi connectivity index (χ4v) is 3.33. The Hall–Kier alpha value is -3.72. The van der Waals surface area contributed by atoms with Gasteiger partial charge in [0, 0.05) is 16.7 Å². The largest absolute Gasteiger partial charge is 0.478 e. The van der Waals surface area contributed by atoms with Crippen LogP contribution in [0.5, 0.6) is 17.5 Å². The Balaban J connectivity index is 1.64. The first-order chi connectivity index (χ1) is 15.5.